The highest BCUT2D eigenvalue weighted by atomic mass is 32.2. The highest BCUT2D eigenvalue weighted by Crippen LogP contribution is 2.33. The minimum atomic E-state index is -1.01. The molecule has 1 atom stereocenters. The molecule has 1 heterocycles. The van der Waals surface area contributed by atoms with Crippen LogP contribution in [0.1, 0.15) is 18.9 Å². The first-order valence-corrected chi connectivity index (χ1v) is 9.74. The minimum absolute atomic E-state index is 0.107. The number of thioether (sulfide) groups is 1. The third-order valence-corrected chi connectivity index (χ3v) is 5.22. The lowest BCUT2D eigenvalue weighted by molar-refractivity contribution is -0.145. The van der Waals surface area contributed by atoms with Crippen molar-refractivity contribution in [2.45, 2.75) is 19.4 Å². The van der Waals surface area contributed by atoms with E-state index in [4.69, 9.17) is 9.84 Å². The van der Waals surface area contributed by atoms with Crippen LogP contribution >= 0.6 is 11.8 Å². The van der Waals surface area contributed by atoms with Crippen molar-refractivity contribution < 1.29 is 24.5 Å². The van der Waals surface area contributed by atoms with Crippen molar-refractivity contribution >= 4 is 40.6 Å². The van der Waals surface area contributed by atoms with Crippen LogP contribution in [-0.2, 0) is 9.59 Å². The number of aliphatic carboxylic acids is 1. The lowest BCUT2D eigenvalue weighted by Gasteiger charge is -2.13. The maximum absolute atomic E-state index is 12.5. The Bertz CT molecular complexity index is 985. The SMILES string of the molecule is CCC(Oc1ccc(/C=C2\SC(=Nc3cccc(O)c3)N(C)C2=O)cc1)C(=O)O. The molecule has 0 aliphatic carbocycles. The first kappa shape index (κ1) is 20.5. The van der Waals surface area contributed by atoms with E-state index in [1.165, 1.54) is 22.7 Å². The first-order chi connectivity index (χ1) is 13.9. The van der Waals surface area contributed by atoms with Gasteiger partial charge in [-0.25, -0.2) is 9.79 Å². The topological polar surface area (TPSA) is 99.4 Å². The van der Waals surface area contributed by atoms with E-state index in [0.29, 0.717) is 27.9 Å². The fraction of sp³-hybridized carbons (Fsp3) is 0.190. The van der Waals surface area contributed by atoms with Gasteiger partial charge in [0.05, 0.1) is 10.6 Å². The van der Waals surface area contributed by atoms with E-state index >= 15 is 0 Å². The Morgan fingerprint density at radius 3 is 2.62 bits per heavy atom. The second-order valence-corrected chi connectivity index (χ2v) is 7.32. The summed E-state index contributed by atoms with van der Waals surface area (Å²) < 4.78 is 5.44. The molecule has 3 rings (SSSR count). The van der Waals surface area contributed by atoms with Crippen LogP contribution in [0.15, 0.2) is 58.4 Å². The van der Waals surface area contributed by atoms with Crippen LogP contribution < -0.4 is 4.74 Å². The van der Waals surface area contributed by atoms with E-state index in [9.17, 15) is 14.7 Å². The number of aromatic hydroxyl groups is 1. The van der Waals surface area contributed by atoms with Gasteiger partial charge in [-0.3, -0.25) is 9.69 Å². The zero-order valence-electron chi connectivity index (χ0n) is 15.9. The number of amidine groups is 1. The zero-order chi connectivity index (χ0) is 21.0. The van der Waals surface area contributed by atoms with Gasteiger partial charge >= 0.3 is 5.97 Å². The molecule has 7 nitrogen and oxygen atoms in total. The maximum atomic E-state index is 12.5. The Balaban J connectivity index is 1.76. The second-order valence-electron chi connectivity index (χ2n) is 6.31. The number of carboxylic acid groups (broad SMARTS) is 1. The highest BCUT2D eigenvalue weighted by molar-refractivity contribution is 8.18. The van der Waals surface area contributed by atoms with Crippen molar-refractivity contribution in [1.29, 1.82) is 0 Å². The molecular formula is C21H20N2O5S. The number of amides is 1. The van der Waals surface area contributed by atoms with Crippen molar-refractivity contribution in [1.82, 2.24) is 4.90 Å². The van der Waals surface area contributed by atoms with Gasteiger partial charge in [0.25, 0.3) is 5.91 Å². The summed E-state index contributed by atoms with van der Waals surface area (Å²) in [7, 11) is 1.64. The van der Waals surface area contributed by atoms with Crippen molar-refractivity contribution in [3.05, 3.63) is 59.0 Å². The number of phenols is 1. The van der Waals surface area contributed by atoms with Crippen molar-refractivity contribution in [3.63, 3.8) is 0 Å². The fourth-order valence-corrected chi connectivity index (χ4v) is 3.58. The first-order valence-electron chi connectivity index (χ1n) is 8.92. The molecule has 1 unspecified atom stereocenters. The number of likely N-dealkylation sites (N-methyl/N-ethyl adjacent to an activating group) is 1. The summed E-state index contributed by atoms with van der Waals surface area (Å²) in [5, 5.41) is 19.2. The fourth-order valence-electron chi connectivity index (χ4n) is 2.59. The Morgan fingerprint density at radius 2 is 2.00 bits per heavy atom. The van der Waals surface area contributed by atoms with Gasteiger partial charge < -0.3 is 14.9 Å². The smallest absolute Gasteiger partial charge is 0.344 e. The third-order valence-electron chi connectivity index (χ3n) is 4.16. The quantitative estimate of drug-likeness (QED) is 0.699. The van der Waals surface area contributed by atoms with Gasteiger partial charge in [-0.1, -0.05) is 25.1 Å². The summed E-state index contributed by atoms with van der Waals surface area (Å²) >= 11 is 1.24. The normalized spacial score (nSPS) is 17.7. The van der Waals surface area contributed by atoms with Crippen LogP contribution in [0.4, 0.5) is 5.69 Å². The number of hydrogen-bond donors (Lipinski definition) is 2. The summed E-state index contributed by atoms with van der Waals surface area (Å²) in [6.07, 6.45) is 1.21. The predicted octanol–water partition coefficient (Wildman–Crippen LogP) is 3.87. The Morgan fingerprint density at radius 1 is 1.28 bits per heavy atom. The van der Waals surface area contributed by atoms with E-state index in [0.717, 1.165) is 5.56 Å². The summed E-state index contributed by atoms with van der Waals surface area (Å²) in [4.78, 5) is 30.0. The molecule has 1 amide bonds. The molecule has 2 aromatic carbocycles. The molecular weight excluding hydrogens is 392 g/mol. The van der Waals surface area contributed by atoms with Crippen LogP contribution in [0.2, 0.25) is 0 Å². The van der Waals surface area contributed by atoms with Crippen molar-refractivity contribution in [2.24, 2.45) is 4.99 Å². The van der Waals surface area contributed by atoms with E-state index in [1.54, 1.807) is 62.5 Å². The standard InChI is InChI=1S/C21H20N2O5S/c1-3-17(20(26)27)28-16-9-7-13(8-10-16)11-18-19(25)23(2)21(29-18)22-14-5-4-6-15(24)12-14/h4-12,17,24H,3H2,1-2H3,(H,26,27)/b18-11-,22-21?. The number of phenolic OH excluding ortho intramolecular Hbond substituents is 1. The van der Waals surface area contributed by atoms with Gasteiger partial charge in [0.1, 0.15) is 11.5 Å². The van der Waals surface area contributed by atoms with Gasteiger partial charge in [0.2, 0.25) is 0 Å². The molecule has 150 valence electrons. The summed E-state index contributed by atoms with van der Waals surface area (Å²) in [5.41, 5.74) is 1.34. The maximum Gasteiger partial charge on any atom is 0.344 e. The molecule has 2 N–H and O–H groups in total. The summed E-state index contributed by atoms with van der Waals surface area (Å²) in [6.45, 7) is 1.74. The van der Waals surface area contributed by atoms with Gasteiger partial charge in [-0.2, -0.15) is 0 Å². The number of aliphatic imine (C=N–C) groups is 1. The molecule has 1 saturated heterocycles. The van der Waals surface area contributed by atoms with Crippen LogP contribution in [0, 0.1) is 0 Å². The number of nitrogens with zero attached hydrogens (tertiary/aromatic N) is 2. The Hall–Kier alpha value is -3.26. The molecule has 0 bridgehead atoms. The molecule has 0 spiro atoms. The number of carbonyl (C=O) groups is 2. The average Bonchev–Trinajstić information content (AvgIpc) is 2.95. The van der Waals surface area contributed by atoms with Gasteiger partial charge in [0, 0.05) is 13.1 Å². The lowest BCUT2D eigenvalue weighted by Crippen LogP contribution is -2.25. The number of hydrogen-bond acceptors (Lipinski definition) is 6. The molecule has 0 radical (unpaired) electrons. The molecule has 1 aliphatic heterocycles. The molecule has 29 heavy (non-hydrogen) atoms. The molecule has 2 aromatic rings. The third kappa shape index (κ3) is 4.97. The number of benzene rings is 2. The molecule has 8 heteroatoms. The van der Waals surface area contributed by atoms with E-state index in [-0.39, 0.29) is 11.7 Å². The highest BCUT2D eigenvalue weighted by Gasteiger charge is 2.30. The van der Waals surface area contributed by atoms with Crippen LogP contribution in [0.25, 0.3) is 6.08 Å². The van der Waals surface area contributed by atoms with Crippen molar-refractivity contribution in [2.75, 3.05) is 7.05 Å². The minimum Gasteiger partial charge on any atom is -0.508 e. The molecule has 0 aromatic heterocycles. The zero-order valence-corrected chi connectivity index (χ0v) is 16.7. The predicted molar refractivity (Wildman–Crippen MR) is 112 cm³/mol. The van der Waals surface area contributed by atoms with Crippen LogP contribution in [-0.4, -0.2) is 45.3 Å². The monoisotopic (exact) mass is 412 g/mol. The number of rotatable bonds is 6. The second kappa shape index (κ2) is 8.83. The number of ether oxygens (including phenoxy) is 1. The van der Waals surface area contributed by atoms with E-state index in [1.807, 2.05) is 0 Å². The van der Waals surface area contributed by atoms with Gasteiger partial charge in [-0.05, 0) is 54.1 Å². The van der Waals surface area contributed by atoms with Crippen molar-refractivity contribution in [3.8, 4) is 11.5 Å². The van der Waals surface area contributed by atoms with E-state index < -0.39 is 12.1 Å². The Kier molecular flexibility index (Phi) is 6.23. The van der Waals surface area contributed by atoms with Gasteiger partial charge in [-0.15, -0.1) is 0 Å². The summed E-state index contributed by atoms with van der Waals surface area (Å²) in [6, 6.07) is 13.4. The largest absolute Gasteiger partial charge is 0.508 e. The number of carbonyl (C=O) groups excluding carboxylic acids is 1. The average molecular weight is 412 g/mol. The van der Waals surface area contributed by atoms with Gasteiger partial charge in [0.15, 0.2) is 11.3 Å². The Labute approximate surface area is 172 Å². The summed E-state index contributed by atoms with van der Waals surface area (Å²) in [5.74, 6) is -0.621. The molecule has 1 aliphatic rings. The molecule has 1 fully saturated rings. The van der Waals surface area contributed by atoms with Crippen LogP contribution in [0.5, 0.6) is 11.5 Å². The number of carboxylic acids is 1. The lowest BCUT2D eigenvalue weighted by atomic mass is 10.2. The molecule has 0 saturated carbocycles. The van der Waals surface area contributed by atoms with Crippen LogP contribution in [0.3, 0.4) is 0 Å². The van der Waals surface area contributed by atoms with E-state index in [2.05, 4.69) is 4.99 Å².